The molecule has 3 nitrogen and oxygen atoms in total. The summed E-state index contributed by atoms with van der Waals surface area (Å²) in [6.45, 7) is 5.00. The average molecular weight is 320 g/mol. The molecule has 5 heteroatoms. The van der Waals surface area contributed by atoms with Crippen molar-refractivity contribution in [1.82, 2.24) is 5.32 Å². The van der Waals surface area contributed by atoms with E-state index in [2.05, 4.69) is 42.7 Å². The van der Waals surface area contributed by atoms with Crippen LogP contribution in [-0.4, -0.2) is 17.4 Å². The first-order valence-corrected chi connectivity index (χ1v) is 8.43. The summed E-state index contributed by atoms with van der Waals surface area (Å²) in [5.74, 6) is 2.89. The lowest BCUT2D eigenvalue weighted by molar-refractivity contribution is 0.530. The van der Waals surface area contributed by atoms with Gasteiger partial charge in [-0.3, -0.25) is 0 Å². The number of hydrogen-bond donors (Lipinski definition) is 2. The normalized spacial score (nSPS) is 10.4. The van der Waals surface area contributed by atoms with Gasteiger partial charge in [0.2, 0.25) is 0 Å². The van der Waals surface area contributed by atoms with E-state index in [-0.39, 0.29) is 0 Å². The van der Waals surface area contributed by atoms with Crippen LogP contribution in [0.4, 0.5) is 5.69 Å². The largest absolute Gasteiger partial charge is 0.468 e. The highest BCUT2D eigenvalue weighted by molar-refractivity contribution is 7.98. The maximum atomic E-state index is 5.31. The van der Waals surface area contributed by atoms with Crippen molar-refractivity contribution in [2.24, 2.45) is 0 Å². The molecule has 0 spiro atoms. The number of thioether (sulfide) groups is 1. The fraction of sp³-hybridized carbons (Fsp3) is 0.312. The van der Waals surface area contributed by atoms with Gasteiger partial charge in [0.1, 0.15) is 5.76 Å². The molecule has 0 saturated heterocycles. The molecule has 112 valence electrons. The lowest BCUT2D eigenvalue weighted by Gasteiger charge is -2.12. The van der Waals surface area contributed by atoms with Crippen molar-refractivity contribution >= 4 is 34.8 Å². The predicted octanol–water partition coefficient (Wildman–Crippen LogP) is 4.12. The first kappa shape index (κ1) is 15.9. The maximum Gasteiger partial charge on any atom is 0.170 e. The fourth-order valence-corrected chi connectivity index (χ4v) is 2.89. The Morgan fingerprint density at radius 3 is 2.86 bits per heavy atom. The van der Waals surface area contributed by atoms with E-state index in [0.717, 1.165) is 29.5 Å². The molecule has 2 rings (SSSR count). The lowest BCUT2D eigenvalue weighted by Crippen LogP contribution is -2.30. The minimum atomic E-state index is 0.667. The molecule has 0 amide bonds. The molecule has 0 aliphatic rings. The van der Waals surface area contributed by atoms with Crippen molar-refractivity contribution in [3.8, 4) is 0 Å². The first-order chi connectivity index (χ1) is 10.1. The zero-order valence-electron chi connectivity index (χ0n) is 12.3. The smallest absolute Gasteiger partial charge is 0.170 e. The molecule has 0 aliphatic carbocycles. The van der Waals surface area contributed by atoms with Crippen molar-refractivity contribution in [2.75, 3.05) is 17.6 Å². The van der Waals surface area contributed by atoms with Crippen molar-refractivity contribution < 1.29 is 4.42 Å². The summed E-state index contributed by atoms with van der Waals surface area (Å²) in [4.78, 5) is 0. The minimum absolute atomic E-state index is 0.667. The molecule has 0 fully saturated rings. The molecule has 2 aromatic rings. The number of hydrogen-bond acceptors (Lipinski definition) is 3. The molecule has 1 aromatic heterocycles. The van der Waals surface area contributed by atoms with Crippen LogP contribution in [0, 0.1) is 13.8 Å². The number of furan rings is 1. The van der Waals surface area contributed by atoms with E-state index in [0.29, 0.717) is 5.11 Å². The summed E-state index contributed by atoms with van der Waals surface area (Å²) in [5, 5.41) is 7.12. The molecule has 0 atom stereocenters. The highest BCUT2D eigenvalue weighted by Crippen LogP contribution is 2.16. The predicted molar refractivity (Wildman–Crippen MR) is 95.0 cm³/mol. The van der Waals surface area contributed by atoms with Crippen LogP contribution in [0.1, 0.15) is 16.9 Å². The third kappa shape index (κ3) is 5.44. The monoisotopic (exact) mass is 320 g/mol. The van der Waals surface area contributed by atoms with Crippen molar-refractivity contribution in [2.45, 2.75) is 19.6 Å². The summed E-state index contributed by atoms with van der Waals surface area (Å²) < 4.78 is 5.28. The molecule has 2 N–H and O–H groups in total. The van der Waals surface area contributed by atoms with Crippen molar-refractivity contribution in [1.29, 1.82) is 0 Å². The van der Waals surface area contributed by atoms with Gasteiger partial charge in [0.05, 0.1) is 12.0 Å². The van der Waals surface area contributed by atoms with Crippen LogP contribution in [0.5, 0.6) is 0 Å². The molecule has 21 heavy (non-hydrogen) atoms. The number of rotatable bonds is 6. The Morgan fingerprint density at radius 2 is 2.14 bits per heavy atom. The second-order valence-electron chi connectivity index (χ2n) is 4.83. The van der Waals surface area contributed by atoms with Gasteiger partial charge < -0.3 is 15.1 Å². The number of benzene rings is 1. The van der Waals surface area contributed by atoms with Gasteiger partial charge in [-0.15, -0.1) is 0 Å². The highest BCUT2D eigenvalue weighted by Gasteiger charge is 2.01. The zero-order valence-corrected chi connectivity index (χ0v) is 13.9. The van der Waals surface area contributed by atoms with Crippen LogP contribution in [0.2, 0.25) is 0 Å². The molecule has 0 radical (unpaired) electrons. The van der Waals surface area contributed by atoms with Crippen LogP contribution in [0.3, 0.4) is 0 Å². The van der Waals surface area contributed by atoms with Crippen LogP contribution < -0.4 is 10.6 Å². The number of aryl methyl sites for hydroxylation is 2. The Kier molecular flexibility index (Phi) is 6.14. The third-order valence-electron chi connectivity index (χ3n) is 2.99. The van der Waals surface area contributed by atoms with Crippen LogP contribution in [0.25, 0.3) is 0 Å². The Hall–Kier alpha value is -1.46. The molecular formula is C16H20N2OS2. The zero-order chi connectivity index (χ0) is 15.1. The molecule has 0 aliphatic heterocycles. The number of anilines is 1. The van der Waals surface area contributed by atoms with E-state index in [9.17, 15) is 0 Å². The first-order valence-electron chi connectivity index (χ1n) is 6.87. The molecule has 0 saturated carbocycles. The second kappa shape index (κ2) is 8.10. The fourth-order valence-electron chi connectivity index (χ4n) is 1.92. The maximum absolute atomic E-state index is 5.31. The minimum Gasteiger partial charge on any atom is -0.468 e. The summed E-state index contributed by atoms with van der Waals surface area (Å²) >= 11 is 7.13. The van der Waals surface area contributed by atoms with E-state index < -0.39 is 0 Å². The van der Waals surface area contributed by atoms with Gasteiger partial charge in [-0.25, -0.2) is 0 Å². The van der Waals surface area contributed by atoms with E-state index in [1.54, 1.807) is 6.26 Å². The van der Waals surface area contributed by atoms with Crippen LogP contribution in [0.15, 0.2) is 41.0 Å². The van der Waals surface area contributed by atoms with E-state index >= 15 is 0 Å². The molecule has 0 bridgehead atoms. The van der Waals surface area contributed by atoms with Gasteiger partial charge in [-0.05, 0) is 49.8 Å². The SMILES string of the molecule is Cc1ccc(NC(=S)NCCSCc2ccco2)c(C)c1. The van der Waals surface area contributed by atoms with Gasteiger partial charge in [0, 0.05) is 18.0 Å². The van der Waals surface area contributed by atoms with Gasteiger partial charge in [-0.2, -0.15) is 11.8 Å². The summed E-state index contributed by atoms with van der Waals surface area (Å²) in [6, 6.07) is 10.2. The number of nitrogens with one attached hydrogen (secondary N) is 2. The Morgan fingerprint density at radius 1 is 1.29 bits per heavy atom. The highest BCUT2D eigenvalue weighted by atomic mass is 32.2. The van der Waals surface area contributed by atoms with Crippen molar-refractivity contribution in [3.63, 3.8) is 0 Å². The average Bonchev–Trinajstić information content (AvgIpc) is 2.95. The summed E-state index contributed by atoms with van der Waals surface area (Å²) in [7, 11) is 0. The van der Waals surface area contributed by atoms with Gasteiger partial charge in [0.15, 0.2) is 5.11 Å². The van der Waals surface area contributed by atoms with Gasteiger partial charge >= 0.3 is 0 Å². The van der Waals surface area contributed by atoms with E-state index in [1.807, 2.05) is 23.9 Å². The number of thiocarbonyl (C=S) groups is 1. The summed E-state index contributed by atoms with van der Waals surface area (Å²) in [5.41, 5.74) is 3.51. The Bertz CT molecular complexity index is 582. The topological polar surface area (TPSA) is 37.2 Å². The van der Waals surface area contributed by atoms with Gasteiger partial charge in [-0.1, -0.05) is 17.7 Å². The summed E-state index contributed by atoms with van der Waals surface area (Å²) in [6.07, 6.45) is 1.71. The Balaban J connectivity index is 1.65. The molecule has 1 heterocycles. The second-order valence-corrected chi connectivity index (χ2v) is 6.34. The third-order valence-corrected chi connectivity index (χ3v) is 4.21. The lowest BCUT2D eigenvalue weighted by atomic mass is 10.1. The Labute approximate surface area is 135 Å². The van der Waals surface area contributed by atoms with Crippen LogP contribution >= 0.6 is 24.0 Å². The van der Waals surface area contributed by atoms with Crippen molar-refractivity contribution in [3.05, 3.63) is 53.5 Å². The van der Waals surface area contributed by atoms with Gasteiger partial charge in [0.25, 0.3) is 0 Å². The molecule has 0 unspecified atom stereocenters. The van der Waals surface area contributed by atoms with E-state index in [4.69, 9.17) is 16.6 Å². The quantitative estimate of drug-likeness (QED) is 0.619. The van der Waals surface area contributed by atoms with Crippen LogP contribution in [-0.2, 0) is 5.75 Å². The molecule has 1 aromatic carbocycles. The van der Waals surface area contributed by atoms with E-state index in [1.165, 1.54) is 11.1 Å². The molecular weight excluding hydrogens is 300 g/mol. The standard InChI is InChI=1S/C16H20N2OS2/c1-12-5-6-15(13(2)10-12)18-16(20)17-7-9-21-11-14-4-3-8-19-14/h3-6,8,10H,7,9,11H2,1-2H3,(H2,17,18,20).